The number of fused-ring (bicyclic) bond motifs is 5. The summed E-state index contributed by atoms with van der Waals surface area (Å²) in [7, 11) is 0. The molecule has 4 aliphatic rings. The van der Waals surface area contributed by atoms with Gasteiger partial charge in [-0.15, -0.1) is 0 Å². The van der Waals surface area contributed by atoms with Crippen molar-refractivity contribution < 1.29 is 34.1 Å². The van der Waals surface area contributed by atoms with Crippen LogP contribution < -0.4 is 0 Å². The largest absolute Gasteiger partial charge is 0.458 e. The lowest BCUT2D eigenvalue weighted by molar-refractivity contribution is -0.184. The molecular formula is C29H43NO7. The van der Waals surface area contributed by atoms with Gasteiger partial charge in [-0.05, 0) is 81.6 Å². The highest BCUT2D eigenvalue weighted by atomic mass is 16.5. The molecule has 0 aromatic rings. The molecule has 2 N–H and O–H groups in total. The minimum atomic E-state index is -1.68. The van der Waals surface area contributed by atoms with Crippen LogP contribution >= 0.6 is 0 Å². The van der Waals surface area contributed by atoms with Crippen molar-refractivity contribution in [1.82, 2.24) is 4.90 Å². The summed E-state index contributed by atoms with van der Waals surface area (Å²) in [6, 6.07) is 0. The SMILES string of the molecule is CCN(CC)C(=O)CCC(=O)OCC(=O)C1(O)CCC2C3CCC4=CC(=O)CCC4(C)C3C(O)CC21C. The van der Waals surface area contributed by atoms with E-state index in [1.165, 1.54) is 0 Å². The average Bonchev–Trinajstić information content (AvgIpc) is 3.13. The van der Waals surface area contributed by atoms with Gasteiger partial charge in [0, 0.05) is 31.3 Å². The van der Waals surface area contributed by atoms with Gasteiger partial charge in [0.25, 0.3) is 0 Å². The number of ketones is 2. The van der Waals surface area contributed by atoms with Crippen LogP contribution in [-0.4, -0.2) is 70.0 Å². The van der Waals surface area contributed by atoms with Crippen LogP contribution in [0.15, 0.2) is 11.6 Å². The van der Waals surface area contributed by atoms with Crippen molar-refractivity contribution >= 4 is 23.4 Å². The number of ether oxygens (including phenoxy) is 1. The Labute approximate surface area is 219 Å². The first kappa shape index (κ1) is 28.0. The molecular weight excluding hydrogens is 474 g/mol. The Morgan fingerprint density at radius 2 is 1.78 bits per heavy atom. The summed E-state index contributed by atoms with van der Waals surface area (Å²) in [6.07, 6.45) is 5.11. The molecule has 0 saturated heterocycles. The monoisotopic (exact) mass is 517 g/mol. The molecule has 0 aromatic carbocycles. The fourth-order valence-corrected chi connectivity index (χ4v) is 8.43. The molecule has 8 nitrogen and oxygen atoms in total. The maximum absolute atomic E-state index is 13.3. The third-order valence-electron chi connectivity index (χ3n) is 10.5. The third-order valence-corrected chi connectivity index (χ3v) is 10.5. The Morgan fingerprint density at radius 1 is 1.08 bits per heavy atom. The second-order valence-electron chi connectivity index (χ2n) is 12.1. The maximum Gasteiger partial charge on any atom is 0.306 e. The minimum Gasteiger partial charge on any atom is -0.458 e. The van der Waals surface area contributed by atoms with Gasteiger partial charge in [0.15, 0.2) is 12.4 Å². The highest BCUT2D eigenvalue weighted by molar-refractivity contribution is 5.92. The lowest BCUT2D eigenvalue weighted by Gasteiger charge is -2.60. The Hall–Kier alpha value is -2.06. The number of rotatable bonds is 8. The molecule has 1 amide bonds. The number of hydrogen-bond acceptors (Lipinski definition) is 7. The second kappa shape index (κ2) is 10.3. The highest BCUT2D eigenvalue weighted by Gasteiger charge is 2.68. The number of aliphatic hydroxyl groups excluding tert-OH is 1. The van der Waals surface area contributed by atoms with E-state index in [9.17, 15) is 29.4 Å². The summed E-state index contributed by atoms with van der Waals surface area (Å²) in [5.74, 6) is -0.922. The highest BCUT2D eigenvalue weighted by Crippen LogP contribution is 2.67. The molecule has 206 valence electrons. The molecule has 0 aliphatic heterocycles. The van der Waals surface area contributed by atoms with Crippen molar-refractivity contribution in [3.63, 3.8) is 0 Å². The molecule has 8 heteroatoms. The Kier molecular flexibility index (Phi) is 7.75. The fraction of sp³-hybridized carbons (Fsp3) is 0.793. The van der Waals surface area contributed by atoms with Crippen LogP contribution in [0.2, 0.25) is 0 Å². The number of carbonyl (C=O) groups is 4. The van der Waals surface area contributed by atoms with Gasteiger partial charge in [-0.1, -0.05) is 19.4 Å². The summed E-state index contributed by atoms with van der Waals surface area (Å²) < 4.78 is 5.21. The predicted molar refractivity (Wildman–Crippen MR) is 136 cm³/mol. The Bertz CT molecular complexity index is 987. The van der Waals surface area contributed by atoms with Gasteiger partial charge in [0.05, 0.1) is 12.5 Å². The van der Waals surface area contributed by atoms with E-state index < -0.39 is 35.5 Å². The van der Waals surface area contributed by atoms with E-state index in [4.69, 9.17) is 4.74 Å². The number of allylic oxidation sites excluding steroid dienone is 1. The molecule has 4 aliphatic carbocycles. The van der Waals surface area contributed by atoms with Crippen LogP contribution in [0.25, 0.3) is 0 Å². The predicted octanol–water partition coefficient (Wildman–Crippen LogP) is 2.98. The van der Waals surface area contributed by atoms with Gasteiger partial charge in [0.1, 0.15) is 5.60 Å². The van der Waals surface area contributed by atoms with Crippen LogP contribution in [0.4, 0.5) is 0 Å². The van der Waals surface area contributed by atoms with E-state index in [2.05, 4.69) is 6.92 Å². The van der Waals surface area contributed by atoms with Crippen LogP contribution in [0.5, 0.6) is 0 Å². The summed E-state index contributed by atoms with van der Waals surface area (Å²) in [5.41, 5.74) is -1.60. The zero-order valence-electron chi connectivity index (χ0n) is 22.8. The standard InChI is InChI=1S/C29H43NO7/c1-5-30(6-2)24(34)9-10-25(35)37-17-23(33)29(36)14-12-21-20-8-7-18-15-19(31)11-13-27(18,3)26(20)22(32)16-28(21,29)4/h15,20-22,26,32,36H,5-14,16-17H2,1-4H3. The molecule has 3 saturated carbocycles. The smallest absolute Gasteiger partial charge is 0.306 e. The molecule has 0 aromatic heterocycles. The first-order valence-electron chi connectivity index (χ1n) is 14.0. The number of amides is 1. The van der Waals surface area contributed by atoms with Gasteiger partial charge >= 0.3 is 5.97 Å². The number of Topliss-reactive ketones (excluding diaryl/α,β-unsaturated/α-hetero) is 1. The zero-order chi connectivity index (χ0) is 27.2. The van der Waals surface area contributed by atoms with Gasteiger partial charge in [-0.2, -0.15) is 0 Å². The minimum absolute atomic E-state index is 0.00250. The Balaban J connectivity index is 1.43. The summed E-state index contributed by atoms with van der Waals surface area (Å²) >= 11 is 0. The van der Waals surface area contributed by atoms with E-state index in [0.717, 1.165) is 24.8 Å². The maximum atomic E-state index is 13.3. The summed E-state index contributed by atoms with van der Waals surface area (Å²) in [6.45, 7) is 8.43. The van der Waals surface area contributed by atoms with Crippen molar-refractivity contribution in [2.45, 2.75) is 97.2 Å². The number of carbonyl (C=O) groups excluding carboxylic acids is 4. The zero-order valence-corrected chi connectivity index (χ0v) is 22.8. The normalized spacial score (nSPS) is 38.6. The van der Waals surface area contributed by atoms with E-state index in [0.29, 0.717) is 32.4 Å². The molecule has 3 fully saturated rings. The number of nitrogens with zero attached hydrogens (tertiary/aromatic N) is 1. The average molecular weight is 518 g/mol. The van der Waals surface area contributed by atoms with Gasteiger partial charge < -0.3 is 19.8 Å². The second-order valence-corrected chi connectivity index (χ2v) is 12.1. The summed E-state index contributed by atoms with van der Waals surface area (Å²) in [5, 5.41) is 23.2. The summed E-state index contributed by atoms with van der Waals surface area (Å²) in [4.78, 5) is 51.5. The van der Waals surface area contributed by atoms with Crippen molar-refractivity contribution in [2.24, 2.45) is 28.6 Å². The third kappa shape index (κ3) is 4.58. The lowest BCUT2D eigenvalue weighted by atomic mass is 9.45. The first-order valence-corrected chi connectivity index (χ1v) is 14.0. The van der Waals surface area contributed by atoms with Gasteiger partial charge in [-0.3, -0.25) is 19.2 Å². The molecule has 4 rings (SSSR count). The van der Waals surface area contributed by atoms with E-state index >= 15 is 0 Å². The van der Waals surface area contributed by atoms with Crippen molar-refractivity contribution in [3.8, 4) is 0 Å². The van der Waals surface area contributed by atoms with Crippen LogP contribution in [0.1, 0.15) is 85.5 Å². The number of aliphatic hydroxyl groups is 2. The molecule has 0 heterocycles. The van der Waals surface area contributed by atoms with Crippen molar-refractivity contribution in [2.75, 3.05) is 19.7 Å². The molecule has 0 bridgehead atoms. The molecule has 7 unspecified atom stereocenters. The topological polar surface area (TPSA) is 121 Å². The quantitative estimate of drug-likeness (QED) is 0.475. The van der Waals surface area contributed by atoms with Crippen molar-refractivity contribution in [1.29, 1.82) is 0 Å². The lowest BCUT2D eigenvalue weighted by Crippen LogP contribution is -2.62. The number of hydrogen-bond donors (Lipinski definition) is 2. The van der Waals surface area contributed by atoms with Crippen molar-refractivity contribution in [3.05, 3.63) is 11.6 Å². The van der Waals surface area contributed by atoms with E-state index in [1.54, 1.807) is 11.0 Å². The van der Waals surface area contributed by atoms with E-state index in [1.807, 2.05) is 20.8 Å². The van der Waals surface area contributed by atoms with E-state index in [-0.39, 0.29) is 54.1 Å². The van der Waals surface area contributed by atoms with Gasteiger partial charge in [0.2, 0.25) is 11.7 Å². The fourth-order valence-electron chi connectivity index (χ4n) is 8.43. The van der Waals surface area contributed by atoms with Crippen LogP contribution in [-0.2, 0) is 23.9 Å². The van der Waals surface area contributed by atoms with Gasteiger partial charge in [-0.25, -0.2) is 0 Å². The number of esters is 1. The molecule has 7 atom stereocenters. The molecule has 0 spiro atoms. The Morgan fingerprint density at radius 3 is 2.46 bits per heavy atom. The molecule has 0 radical (unpaired) electrons. The van der Waals surface area contributed by atoms with Crippen LogP contribution in [0.3, 0.4) is 0 Å². The molecule has 37 heavy (non-hydrogen) atoms. The van der Waals surface area contributed by atoms with Crippen LogP contribution in [0, 0.1) is 28.6 Å². The first-order chi connectivity index (χ1) is 17.4.